The van der Waals surface area contributed by atoms with Gasteiger partial charge in [-0.15, -0.1) is 0 Å². The van der Waals surface area contributed by atoms with Gasteiger partial charge in [0.15, 0.2) is 6.29 Å². The van der Waals surface area contributed by atoms with E-state index in [0.29, 0.717) is 13.2 Å². The van der Waals surface area contributed by atoms with Crippen LogP contribution in [0.2, 0.25) is 0 Å². The third-order valence-electron chi connectivity index (χ3n) is 1.64. The lowest BCUT2D eigenvalue weighted by molar-refractivity contribution is -0.186. The van der Waals surface area contributed by atoms with Gasteiger partial charge in [-0.2, -0.15) is 0 Å². The van der Waals surface area contributed by atoms with Crippen LogP contribution in [0.15, 0.2) is 14.8 Å². The molecule has 0 radical (unpaired) electrons. The molecule has 0 aliphatic carbocycles. The number of hydrogen-bond acceptors (Lipinski definition) is 5. The van der Waals surface area contributed by atoms with E-state index in [0.717, 1.165) is 3.58 Å². The van der Waals surface area contributed by atoms with Crippen molar-refractivity contribution >= 4 is 28.8 Å². The van der Waals surface area contributed by atoms with Gasteiger partial charge in [-0.3, -0.25) is 4.99 Å². The van der Waals surface area contributed by atoms with E-state index in [-0.39, 0.29) is 6.54 Å². The van der Waals surface area contributed by atoms with Crippen molar-refractivity contribution in [3.05, 3.63) is 9.78 Å². The van der Waals surface area contributed by atoms with Crippen molar-refractivity contribution in [2.45, 2.75) is 26.2 Å². The zero-order valence-electron chi connectivity index (χ0n) is 9.60. The zero-order valence-corrected chi connectivity index (χ0v) is 11.8. The van der Waals surface area contributed by atoms with Gasteiger partial charge in [-0.25, -0.2) is 0 Å². The van der Waals surface area contributed by atoms with Crippen LogP contribution < -0.4 is 5.73 Å². The van der Waals surface area contributed by atoms with Crippen LogP contribution in [0.25, 0.3) is 0 Å². The van der Waals surface area contributed by atoms with Gasteiger partial charge in [0, 0.05) is 29.2 Å². The number of allylic oxidation sites excluding steroid dienone is 1. The molecule has 16 heavy (non-hydrogen) atoms. The molecule has 0 aliphatic heterocycles. The van der Waals surface area contributed by atoms with Gasteiger partial charge in [0.2, 0.25) is 0 Å². The minimum atomic E-state index is -0.766. The Hall–Kier alpha value is -0.180. The van der Waals surface area contributed by atoms with Gasteiger partial charge in [0.25, 0.3) is 0 Å². The number of nitrogens with zero attached hydrogens (tertiary/aromatic N) is 1. The quantitative estimate of drug-likeness (QED) is 0.393. The molecule has 0 aromatic rings. The molecule has 0 bridgehead atoms. The van der Waals surface area contributed by atoms with E-state index in [2.05, 4.69) is 4.99 Å². The SMILES string of the molecule is CCOC(OCC)C(O)CN=CC(I)=CN. The predicted octanol–water partition coefficient (Wildman–Crippen LogP) is 1.05. The van der Waals surface area contributed by atoms with Crippen LogP contribution in [-0.2, 0) is 9.47 Å². The molecule has 0 rings (SSSR count). The number of aliphatic imine (C=N–C) groups is 1. The highest BCUT2D eigenvalue weighted by molar-refractivity contribution is 14.1. The fraction of sp³-hybridized carbons (Fsp3) is 0.700. The molecule has 0 aromatic heterocycles. The monoisotopic (exact) mass is 342 g/mol. The second kappa shape index (κ2) is 10.0. The highest BCUT2D eigenvalue weighted by Crippen LogP contribution is 2.04. The molecule has 0 saturated heterocycles. The summed E-state index contributed by atoms with van der Waals surface area (Å²) in [5.74, 6) is 0. The highest BCUT2D eigenvalue weighted by atomic mass is 127. The summed E-state index contributed by atoms with van der Waals surface area (Å²) in [4.78, 5) is 4.04. The molecule has 6 heteroatoms. The summed E-state index contributed by atoms with van der Waals surface area (Å²) in [6.45, 7) is 4.91. The van der Waals surface area contributed by atoms with Gasteiger partial charge >= 0.3 is 0 Å². The molecular formula is C10H19IN2O3. The first-order chi connectivity index (χ1) is 7.65. The molecule has 0 amide bonds. The van der Waals surface area contributed by atoms with Crippen LogP contribution in [0.5, 0.6) is 0 Å². The molecular weight excluding hydrogens is 323 g/mol. The third kappa shape index (κ3) is 7.15. The van der Waals surface area contributed by atoms with E-state index in [4.69, 9.17) is 15.2 Å². The normalized spacial score (nSPS) is 14.9. The average Bonchev–Trinajstić information content (AvgIpc) is 2.28. The molecule has 0 aliphatic rings. The molecule has 5 nitrogen and oxygen atoms in total. The number of aliphatic hydroxyl groups excluding tert-OH is 1. The average molecular weight is 342 g/mol. The van der Waals surface area contributed by atoms with Gasteiger partial charge in [-0.05, 0) is 36.4 Å². The first-order valence-corrected chi connectivity index (χ1v) is 6.22. The minimum absolute atomic E-state index is 0.227. The molecule has 0 fully saturated rings. The van der Waals surface area contributed by atoms with E-state index in [1.807, 2.05) is 36.4 Å². The van der Waals surface area contributed by atoms with Gasteiger partial charge in [0.05, 0.1) is 6.54 Å². The summed E-state index contributed by atoms with van der Waals surface area (Å²) in [5.41, 5.74) is 5.27. The van der Waals surface area contributed by atoms with E-state index < -0.39 is 12.4 Å². The summed E-state index contributed by atoms with van der Waals surface area (Å²) in [7, 11) is 0. The number of halogens is 1. The zero-order chi connectivity index (χ0) is 12.4. The maximum absolute atomic E-state index is 9.74. The smallest absolute Gasteiger partial charge is 0.185 e. The fourth-order valence-electron chi connectivity index (χ4n) is 0.976. The van der Waals surface area contributed by atoms with Crippen LogP contribution in [0, 0.1) is 0 Å². The van der Waals surface area contributed by atoms with Crippen LogP contribution >= 0.6 is 22.6 Å². The van der Waals surface area contributed by atoms with E-state index >= 15 is 0 Å². The van der Waals surface area contributed by atoms with Crippen molar-refractivity contribution in [1.82, 2.24) is 0 Å². The van der Waals surface area contributed by atoms with Crippen molar-refractivity contribution in [2.24, 2.45) is 10.7 Å². The summed E-state index contributed by atoms with van der Waals surface area (Å²) in [6.07, 6.45) is 1.65. The van der Waals surface area contributed by atoms with Crippen molar-refractivity contribution in [1.29, 1.82) is 0 Å². The van der Waals surface area contributed by atoms with Crippen LogP contribution in [0.3, 0.4) is 0 Å². The first kappa shape index (κ1) is 15.8. The Balaban J connectivity index is 4.08. The maximum Gasteiger partial charge on any atom is 0.185 e. The predicted molar refractivity (Wildman–Crippen MR) is 72.7 cm³/mol. The Morgan fingerprint density at radius 1 is 1.44 bits per heavy atom. The molecule has 3 N–H and O–H groups in total. The summed E-state index contributed by atoms with van der Waals surface area (Å²) in [6, 6.07) is 0. The molecule has 0 heterocycles. The number of nitrogens with two attached hydrogens (primary N) is 1. The molecule has 1 unspecified atom stereocenters. The van der Waals surface area contributed by atoms with Gasteiger partial charge in [-0.1, -0.05) is 0 Å². The largest absolute Gasteiger partial charge is 0.404 e. The maximum atomic E-state index is 9.74. The fourth-order valence-corrected chi connectivity index (χ4v) is 1.17. The van der Waals surface area contributed by atoms with Crippen molar-refractivity contribution in [3.8, 4) is 0 Å². The van der Waals surface area contributed by atoms with E-state index in [1.165, 1.54) is 6.20 Å². The lowest BCUT2D eigenvalue weighted by Crippen LogP contribution is -2.34. The Bertz CT molecular complexity index is 228. The number of hydrogen-bond donors (Lipinski definition) is 2. The summed E-state index contributed by atoms with van der Waals surface area (Å²) < 4.78 is 11.3. The molecule has 0 spiro atoms. The highest BCUT2D eigenvalue weighted by Gasteiger charge is 2.18. The third-order valence-corrected chi connectivity index (χ3v) is 2.28. The molecule has 0 saturated carbocycles. The topological polar surface area (TPSA) is 77.1 Å². The second-order valence-electron chi connectivity index (χ2n) is 2.89. The van der Waals surface area contributed by atoms with Crippen molar-refractivity contribution in [3.63, 3.8) is 0 Å². The number of rotatable bonds is 8. The minimum Gasteiger partial charge on any atom is -0.404 e. The molecule has 94 valence electrons. The molecule has 1 atom stereocenters. The van der Waals surface area contributed by atoms with E-state index in [9.17, 15) is 5.11 Å². The van der Waals surface area contributed by atoms with E-state index in [1.54, 1.807) is 6.21 Å². The van der Waals surface area contributed by atoms with Crippen LogP contribution in [-0.4, -0.2) is 43.5 Å². The summed E-state index contributed by atoms with van der Waals surface area (Å²) in [5, 5.41) is 9.74. The standard InChI is InChI=1S/C10H19IN2O3/c1-3-15-10(16-4-2)9(14)7-13-6-8(11)5-12/h5-6,9-10,14H,3-4,7,12H2,1-2H3. The Kier molecular flexibility index (Phi) is 9.89. The number of aliphatic hydroxyl groups is 1. The van der Waals surface area contributed by atoms with Crippen molar-refractivity contribution in [2.75, 3.05) is 19.8 Å². The van der Waals surface area contributed by atoms with Gasteiger partial charge < -0.3 is 20.3 Å². The van der Waals surface area contributed by atoms with Crippen molar-refractivity contribution < 1.29 is 14.6 Å². The van der Waals surface area contributed by atoms with Crippen LogP contribution in [0.4, 0.5) is 0 Å². The van der Waals surface area contributed by atoms with Crippen LogP contribution in [0.1, 0.15) is 13.8 Å². The summed E-state index contributed by atoms with van der Waals surface area (Å²) >= 11 is 2.05. The molecule has 0 aromatic carbocycles. The lowest BCUT2D eigenvalue weighted by atomic mass is 10.3. The Morgan fingerprint density at radius 2 is 2.00 bits per heavy atom. The lowest BCUT2D eigenvalue weighted by Gasteiger charge is -2.21. The Morgan fingerprint density at radius 3 is 2.44 bits per heavy atom. The second-order valence-corrected chi connectivity index (χ2v) is 4.14. The number of ether oxygens (including phenoxy) is 2. The Labute approximate surface area is 110 Å². The first-order valence-electron chi connectivity index (χ1n) is 5.14. The van der Waals surface area contributed by atoms with Gasteiger partial charge in [0.1, 0.15) is 6.10 Å².